The number of benzene rings is 1. The number of aryl methyl sites for hydroxylation is 2. The van der Waals surface area contributed by atoms with Crippen molar-refractivity contribution in [3.63, 3.8) is 0 Å². The second-order valence-corrected chi connectivity index (χ2v) is 4.45. The van der Waals surface area contributed by atoms with Gasteiger partial charge in [-0.3, -0.25) is 0 Å². The summed E-state index contributed by atoms with van der Waals surface area (Å²) < 4.78 is 1.86. The fraction of sp³-hybridized carbons (Fsp3) is 0.214. The maximum Gasteiger partial charge on any atom is 0.168 e. The highest BCUT2D eigenvalue weighted by Gasteiger charge is 2.12. The van der Waals surface area contributed by atoms with Gasteiger partial charge >= 0.3 is 0 Å². The molecular weight excluding hydrogens is 238 g/mol. The van der Waals surface area contributed by atoms with Crippen LogP contribution in [-0.4, -0.2) is 26.8 Å². The average Bonchev–Trinajstić information content (AvgIpc) is 2.82. The molecule has 0 atom stereocenters. The van der Waals surface area contributed by atoms with Gasteiger partial charge in [0.15, 0.2) is 5.65 Å². The van der Waals surface area contributed by atoms with Crippen LogP contribution in [-0.2, 0) is 0 Å². The molecule has 0 radical (unpaired) electrons. The molecule has 2 aromatic heterocycles. The second kappa shape index (κ2) is 4.35. The zero-order valence-corrected chi connectivity index (χ0v) is 11.2. The Hall–Kier alpha value is -2.43. The molecule has 5 heteroatoms. The Balaban J connectivity index is 2.32. The van der Waals surface area contributed by atoms with E-state index in [-0.39, 0.29) is 0 Å². The van der Waals surface area contributed by atoms with Crippen LogP contribution in [0, 0.1) is 13.8 Å². The van der Waals surface area contributed by atoms with Gasteiger partial charge in [-0.15, -0.1) is 0 Å². The number of anilines is 1. The van der Waals surface area contributed by atoms with Gasteiger partial charge in [0.25, 0.3) is 0 Å². The predicted molar refractivity (Wildman–Crippen MR) is 75.7 cm³/mol. The van der Waals surface area contributed by atoms with Crippen molar-refractivity contribution in [2.45, 2.75) is 13.8 Å². The number of para-hydroxylation sites is 1. The van der Waals surface area contributed by atoms with E-state index in [0.717, 1.165) is 33.9 Å². The van der Waals surface area contributed by atoms with Gasteiger partial charge in [-0.2, -0.15) is 5.10 Å². The molecule has 19 heavy (non-hydrogen) atoms. The van der Waals surface area contributed by atoms with E-state index in [2.05, 4.69) is 33.4 Å². The van der Waals surface area contributed by atoms with Crippen LogP contribution in [0.1, 0.15) is 11.4 Å². The largest absolute Gasteiger partial charge is 0.372 e. The second-order valence-electron chi connectivity index (χ2n) is 4.45. The van der Waals surface area contributed by atoms with Gasteiger partial charge in [0.2, 0.25) is 0 Å². The molecule has 1 N–H and O–H groups in total. The van der Waals surface area contributed by atoms with E-state index in [0.29, 0.717) is 0 Å². The molecule has 96 valence electrons. The number of rotatable bonds is 2. The van der Waals surface area contributed by atoms with Crippen molar-refractivity contribution in [1.82, 2.24) is 19.7 Å². The maximum atomic E-state index is 4.51. The third-order valence-corrected chi connectivity index (χ3v) is 3.12. The first-order valence-corrected chi connectivity index (χ1v) is 6.17. The van der Waals surface area contributed by atoms with Crippen LogP contribution in [0.25, 0.3) is 16.7 Å². The van der Waals surface area contributed by atoms with Crippen molar-refractivity contribution >= 4 is 16.9 Å². The van der Waals surface area contributed by atoms with E-state index in [4.69, 9.17) is 0 Å². The van der Waals surface area contributed by atoms with Crippen LogP contribution < -0.4 is 5.32 Å². The normalized spacial score (nSPS) is 10.9. The van der Waals surface area contributed by atoms with Crippen LogP contribution in [0.4, 0.5) is 5.82 Å². The lowest BCUT2D eigenvalue weighted by atomic mass is 10.2. The molecule has 0 amide bonds. The Morgan fingerprint density at radius 3 is 2.63 bits per heavy atom. The van der Waals surface area contributed by atoms with Gasteiger partial charge in [-0.05, 0) is 25.5 Å². The summed E-state index contributed by atoms with van der Waals surface area (Å²) in [5.41, 5.74) is 3.03. The zero-order valence-electron chi connectivity index (χ0n) is 11.2. The highest BCUT2D eigenvalue weighted by atomic mass is 15.3. The van der Waals surface area contributed by atoms with Crippen molar-refractivity contribution in [2.75, 3.05) is 12.4 Å². The number of hydrogen-bond acceptors (Lipinski definition) is 4. The molecule has 0 saturated carbocycles. The molecule has 0 fully saturated rings. The van der Waals surface area contributed by atoms with Crippen LogP contribution in [0.5, 0.6) is 0 Å². The van der Waals surface area contributed by atoms with Crippen LogP contribution in [0.2, 0.25) is 0 Å². The number of nitrogens with one attached hydrogen (secondary N) is 1. The molecule has 0 saturated heterocycles. The van der Waals surface area contributed by atoms with Gasteiger partial charge in [-0.25, -0.2) is 14.6 Å². The van der Waals surface area contributed by atoms with E-state index in [1.165, 1.54) is 0 Å². The van der Waals surface area contributed by atoms with Crippen molar-refractivity contribution in [3.8, 4) is 5.69 Å². The number of fused-ring (bicyclic) bond motifs is 1. The number of nitrogens with zero attached hydrogens (tertiary/aromatic N) is 4. The Morgan fingerprint density at radius 2 is 1.89 bits per heavy atom. The maximum absolute atomic E-state index is 4.51. The molecule has 2 heterocycles. The smallest absolute Gasteiger partial charge is 0.168 e. The first-order valence-electron chi connectivity index (χ1n) is 6.17. The minimum Gasteiger partial charge on any atom is -0.372 e. The van der Waals surface area contributed by atoms with E-state index in [1.54, 1.807) is 6.20 Å². The molecule has 3 rings (SSSR count). The van der Waals surface area contributed by atoms with Crippen molar-refractivity contribution in [3.05, 3.63) is 41.9 Å². The van der Waals surface area contributed by atoms with Crippen LogP contribution in [0.3, 0.4) is 0 Å². The number of hydrogen-bond donors (Lipinski definition) is 1. The van der Waals surface area contributed by atoms with E-state index >= 15 is 0 Å². The third kappa shape index (κ3) is 1.83. The Morgan fingerprint density at radius 1 is 1.11 bits per heavy atom. The summed E-state index contributed by atoms with van der Waals surface area (Å²) in [4.78, 5) is 8.88. The minimum atomic E-state index is 0.729. The molecule has 1 aromatic carbocycles. The summed E-state index contributed by atoms with van der Waals surface area (Å²) in [6.07, 6.45) is 1.80. The summed E-state index contributed by atoms with van der Waals surface area (Å²) in [6, 6.07) is 8.13. The van der Waals surface area contributed by atoms with Crippen LogP contribution in [0.15, 0.2) is 30.5 Å². The molecule has 0 aliphatic carbocycles. The summed E-state index contributed by atoms with van der Waals surface area (Å²) in [7, 11) is 1.85. The fourth-order valence-corrected chi connectivity index (χ4v) is 2.18. The number of aromatic nitrogens is 4. The van der Waals surface area contributed by atoms with Crippen LogP contribution >= 0.6 is 0 Å². The fourth-order valence-electron chi connectivity index (χ4n) is 2.18. The zero-order chi connectivity index (χ0) is 13.4. The molecule has 0 aliphatic heterocycles. The quantitative estimate of drug-likeness (QED) is 0.762. The topological polar surface area (TPSA) is 55.6 Å². The Kier molecular flexibility index (Phi) is 2.67. The minimum absolute atomic E-state index is 0.729. The standard InChI is InChI=1S/C14H15N5/c1-9-6-4-5-7-12(9)19-14-11(8-16-19)13(15-3)17-10(2)18-14/h4-8H,1-3H3,(H,15,17,18). The van der Waals surface area contributed by atoms with Gasteiger partial charge in [-0.1, -0.05) is 18.2 Å². The van der Waals surface area contributed by atoms with Crippen molar-refractivity contribution in [2.24, 2.45) is 0 Å². The lowest BCUT2D eigenvalue weighted by Gasteiger charge is -2.07. The summed E-state index contributed by atoms with van der Waals surface area (Å²) in [5.74, 6) is 1.54. The molecule has 5 nitrogen and oxygen atoms in total. The lowest BCUT2D eigenvalue weighted by molar-refractivity contribution is 0.882. The average molecular weight is 253 g/mol. The molecule has 0 bridgehead atoms. The van der Waals surface area contributed by atoms with Gasteiger partial charge in [0, 0.05) is 7.05 Å². The van der Waals surface area contributed by atoms with E-state index in [1.807, 2.05) is 36.9 Å². The Labute approximate surface area is 111 Å². The molecule has 0 spiro atoms. The first-order chi connectivity index (χ1) is 9.20. The molecule has 3 aromatic rings. The summed E-state index contributed by atoms with van der Waals surface area (Å²) >= 11 is 0. The van der Waals surface area contributed by atoms with Gasteiger partial charge in [0.1, 0.15) is 11.6 Å². The van der Waals surface area contributed by atoms with Crippen molar-refractivity contribution < 1.29 is 0 Å². The predicted octanol–water partition coefficient (Wildman–Crippen LogP) is 2.47. The molecular formula is C14H15N5. The Bertz CT molecular complexity index is 745. The van der Waals surface area contributed by atoms with E-state index in [9.17, 15) is 0 Å². The third-order valence-electron chi connectivity index (χ3n) is 3.12. The molecule has 0 aliphatic rings. The summed E-state index contributed by atoms with van der Waals surface area (Å²) in [6.45, 7) is 3.95. The van der Waals surface area contributed by atoms with Crippen molar-refractivity contribution in [1.29, 1.82) is 0 Å². The van der Waals surface area contributed by atoms with Gasteiger partial charge in [0.05, 0.1) is 17.3 Å². The monoisotopic (exact) mass is 253 g/mol. The highest BCUT2D eigenvalue weighted by Crippen LogP contribution is 2.23. The molecule has 0 unspecified atom stereocenters. The lowest BCUT2D eigenvalue weighted by Crippen LogP contribution is -2.02. The van der Waals surface area contributed by atoms with E-state index < -0.39 is 0 Å². The highest BCUT2D eigenvalue weighted by molar-refractivity contribution is 5.87. The van der Waals surface area contributed by atoms with Gasteiger partial charge < -0.3 is 5.32 Å². The SMILES string of the molecule is CNc1nc(C)nc2c1cnn2-c1ccccc1C. The summed E-state index contributed by atoms with van der Waals surface area (Å²) in [5, 5.41) is 8.46. The first kappa shape index (κ1) is 11.6.